The number of carbonyl (C=O) groups is 2. The first-order valence-corrected chi connectivity index (χ1v) is 6.75. The van der Waals surface area contributed by atoms with Crippen LogP contribution in [0.5, 0.6) is 5.75 Å². The van der Waals surface area contributed by atoms with Crippen molar-refractivity contribution in [3.05, 3.63) is 29.6 Å². The number of carboxylic acid groups (broad SMARTS) is 1. The van der Waals surface area contributed by atoms with Crippen LogP contribution >= 0.6 is 0 Å². The Morgan fingerprint density at radius 3 is 2.76 bits per heavy atom. The van der Waals surface area contributed by atoms with E-state index in [1.54, 1.807) is 13.0 Å². The summed E-state index contributed by atoms with van der Waals surface area (Å²) in [6, 6.07) is 4.30. The molecule has 1 atom stereocenters. The molecule has 1 N–H and O–H groups in total. The SMILES string of the molecule is COc1ccc(CC(=O)N2CCCC2(C)C(=O)O)cc1F. The van der Waals surface area contributed by atoms with E-state index in [0.29, 0.717) is 24.9 Å². The molecule has 1 aliphatic heterocycles. The number of likely N-dealkylation sites (tertiary alicyclic amines) is 1. The van der Waals surface area contributed by atoms with E-state index in [-0.39, 0.29) is 18.1 Å². The number of aliphatic carboxylic acids is 1. The molecule has 1 aromatic rings. The summed E-state index contributed by atoms with van der Waals surface area (Å²) in [5.74, 6) is -1.73. The average molecular weight is 295 g/mol. The number of halogens is 1. The molecule has 1 saturated heterocycles. The van der Waals surface area contributed by atoms with Crippen LogP contribution in [0.3, 0.4) is 0 Å². The minimum absolute atomic E-state index is 0.0240. The highest BCUT2D eigenvalue weighted by Crippen LogP contribution is 2.30. The molecular weight excluding hydrogens is 277 g/mol. The third-order valence-electron chi connectivity index (χ3n) is 3.97. The van der Waals surface area contributed by atoms with E-state index in [4.69, 9.17) is 4.74 Å². The Kier molecular flexibility index (Phi) is 4.16. The number of hydrogen-bond acceptors (Lipinski definition) is 3. The summed E-state index contributed by atoms with van der Waals surface area (Å²) in [4.78, 5) is 25.0. The van der Waals surface area contributed by atoms with Crippen LogP contribution in [-0.4, -0.2) is 41.1 Å². The first-order valence-electron chi connectivity index (χ1n) is 6.75. The van der Waals surface area contributed by atoms with E-state index in [1.165, 1.54) is 24.1 Å². The Labute approximate surface area is 122 Å². The summed E-state index contributed by atoms with van der Waals surface area (Å²) in [7, 11) is 1.37. The van der Waals surface area contributed by atoms with Gasteiger partial charge in [-0.2, -0.15) is 0 Å². The van der Waals surface area contributed by atoms with E-state index in [0.717, 1.165) is 0 Å². The zero-order chi connectivity index (χ0) is 15.6. The van der Waals surface area contributed by atoms with Gasteiger partial charge in [0.2, 0.25) is 5.91 Å². The summed E-state index contributed by atoms with van der Waals surface area (Å²) in [6.07, 6.45) is 1.07. The molecule has 21 heavy (non-hydrogen) atoms. The molecule has 0 saturated carbocycles. The number of carbonyl (C=O) groups excluding carboxylic acids is 1. The van der Waals surface area contributed by atoms with Gasteiger partial charge in [0, 0.05) is 6.54 Å². The number of hydrogen-bond donors (Lipinski definition) is 1. The molecular formula is C15H18FNO4. The zero-order valence-electron chi connectivity index (χ0n) is 12.1. The second-order valence-electron chi connectivity index (χ2n) is 5.37. The van der Waals surface area contributed by atoms with Gasteiger partial charge >= 0.3 is 5.97 Å². The Morgan fingerprint density at radius 2 is 2.19 bits per heavy atom. The smallest absolute Gasteiger partial charge is 0.329 e. The fourth-order valence-corrected chi connectivity index (χ4v) is 2.68. The largest absolute Gasteiger partial charge is 0.494 e. The molecule has 0 aromatic heterocycles. The van der Waals surface area contributed by atoms with Crippen molar-refractivity contribution in [2.45, 2.75) is 31.7 Å². The van der Waals surface area contributed by atoms with Crippen molar-refractivity contribution in [2.75, 3.05) is 13.7 Å². The highest BCUT2D eigenvalue weighted by molar-refractivity contribution is 5.88. The normalized spacial score (nSPS) is 21.4. The molecule has 0 spiro atoms. The molecule has 1 unspecified atom stereocenters. The van der Waals surface area contributed by atoms with E-state index in [9.17, 15) is 19.1 Å². The number of rotatable bonds is 4. The van der Waals surface area contributed by atoms with Gasteiger partial charge in [0.1, 0.15) is 5.54 Å². The molecule has 1 fully saturated rings. The van der Waals surface area contributed by atoms with Crippen LogP contribution in [0.15, 0.2) is 18.2 Å². The fourth-order valence-electron chi connectivity index (χ4n) is 2.68. The lowest BCUT2D eigenvalue weighted by Gasteiger charge is -2.31. The highest BCUT2D eigenvalue weighted by atomic mass is 19.1. The molecule has 1 heterocycles. The minimum Gasteiger partial charge on any atom is -0.494 e. The van der Waals surface area contributed by atoms with Crippen LogP contribution < -0.4 is 4.74 Å². The summed E-state index contributed by atoms with van der Waals surface area (Å²) in [5, 5.41) is 9.30. The van der Waals surface area contributed by atoms with Gasteiger partial charge in [0.25, 0.3) is 0 Å². The fraction of sp³-hybridized carbons (Fsp3) is 0.467. The Balaban J connectivity index is 2.14. The predicted molar refractivity (Wildman–Crippen MR) is 73.6 cm³/mol. The van der Waals surface area contributed by atoms with Crippen molar-refractivity contribution in [3.63, 3.8) is 0 Å². The molecule has 6 heteroatoms. The molecule has 0 bridgehead atoms. The van der Waals surface area contributed by atoms with E-state index in [1.807, 2.05) is 0 Å². The van der Waals surface area contributed by atoms with Crippen LogP contribution in [-0.2, 0) is 16.0 Å². The molecule has 1 amide bonds. The summed E-state index contributed by atoms with van der Waals surface area (Å²) >= 11 is 0. The van der Waals surface area contributed by atoms with Gasteiger partial charge < -0.3 is 14.7 Å². The molecule has 0 radical (unpaired) electrons. The maximum atomic E-state index is 13.6. The van der Waals surface area contributed by atoms with E-state index < -0.39 is 17.3 Å². The number of nitrogens with zero attached hydrogens (tertiary/aromatic N) is 1. The minimum atomic E-state index is -1.16. The van der Waals surface area contributed by atoms with Crippen molar-refractivity contribution in [1.29, 1.82) is 0 Å². The number of methoxy groups -OCH3 is 1. The Morgan fingerprint density at radius 1 is 1.48 bits per heavy atom. The topological polar surface area (TPSA) is 66.8 Å². The maximum absolute atomic E-state index is 13.6. The van der Waals surface area contributed by atoms with Crippen LogP contribution in [0, 0.1) is 5.82 Å². The lowest BCUT2D eigenvalue weighted by atomic mass is 9.98. The van der Waals surface area contributed by atoms with Crippen LogP contribution in [0.25, 0.3) is 0 Å². The third kappa shape index (κ3) is 2.84. The van der Waals surface area contributed by atoms with E-state index >= 15 is 0 Å². The van der Waals surface area contributed by atoms with Crippen molar-refractivity contribution in [1.82, 2.24) is 4.90 Å². The summed E-state index contributed by atoms with van der Waals surface area (Å²) < 4.78 is 18.4. The number of carboxylic acids is 1. The standard InChI is InChI=1S/C15H18FNO4/c1-15(14(19)20)6-3-7-17(15)13(18)9-10-4-5-12(21-2)11(16)8-10/h4-5,8H,3,6-7,9H2,1-2H3,(H,19,20). The van der Waals surface area contributed by atoms with Crippen LogP contribution in [0.1, 0.15) is 25.3 Å². The van der Waals surface area contributed by atoms with Crippen molar-refractivity contribution in [3.8, 4) is 5.75 Å². The second kappa shape index (κ2) is 5.71. The molecule has 114 valence electrons. The summed E-state index contributed by atoms with van der Waals surface area (Å²) in [6.45, 7) is 1.97. The molecule has 2 rings (SSSR count). The van der Waals surface area contributed by atoms with Crippen molar-refractivity contribution in [2.24, 2.45) is 0 Å². The highest BCUT2D eigenvalue weighted by Gasteiger charge is 2.45. The third-order valence-corrected chi connectivity index (χ3v) is 3.97. The quantitative estimate of drug-likeness (QED) is 0.920. The van der Waals surface area contributed by atoms with Crippen molar-refractivity contribution >= 4 is 11.9 Å². The molecule has 0 aliphatic carbocycles. The van der Waals surface area contributed by atoms with Crippen LogP contribution in [0.2, 0.25) is 0 Å². The zero-order valence-corrected chi connectivity index (χ0v) is 12.1. The Bertz CT molecular complexity index is 575. The number of benzene rings is 1. The first kappa shape index (κ1) is 15.3. The number of ether oxygens (including phenoxy) is 1. The van der Waals surface area contributed by atoms with Gasteiger partial charge in [-0.05, 0) is 37.5 Å². The van der Waals surface area contributed by atoms with Crippen LogP contribution in [0.4, 0.5) is 4.39 Å². The molecule has 1 aliphatic rings. The lowest BCUT2D eigenvalue weighted by molar-refractivity contribution is -0.155. The molecule has 1 aromatic carbocycles. The summed E-state index contributed by atoms with van der Waals surface area (Å²) in [5.41, 5.74) is -0.666. The predicted octanol–water partition coefficient (Wildman–Crippen LogP) is 1.84. The van der Waals surface area contributed by atoms with Crippen molar-refractivity contribution < 1.29 is 23.8 Å². The maximum Gasteiger partial charge on any atom is 0.329 e. The monoisotopic (exact) mass is 295 g/mol. The average Bonchev–Trinajstić information content (AvgIpc) is 2.82. The van der Waals surface area contributed by atoms with Gasteiger partial charge in [-0.1, -0.05) is 6.07 Å². The first-order chi connectivity index (χ1) is 9.88. The lowest BCUT2D eigenvalue weighted by Crippen LogP contribution is -2.51. The van der Waals surface area contributed by atoms with Gasteiger partial charge in [0.15, 0.2) is 11.6 Å². The van der Waals surface area contributed by atoms with E-state index in [2.05, 4.69) is 0 Å². The number of amides is 1. The molecule has 5 nitrogen and oxygen atoms in total. The van der Waals surface area contributed by atoms with Gasteiger partial charge in [-0.15, -0.1) is 0 Å². The second-order valence-corrected chi connectivity index (χ2v) is 5.37. The van der Waals surface area contributed by atoms with Gasteiger partial charge in [-0.3, -0.25) is 4.79 Å². The van der Waals surface area contributed by atoms with Gasteiger partial charge in [-0.25, -0.2) is 9.18 Å². The van der Waals surface area contributed by atoms with Gasteiger partial charge in [0.05, 0.1) is 13.5 Å². The Hall–Kier alpha value is -2.11.